The molecule has 0 aromatic heterocycles. The third kappa shape index (κ3) is 6.87. The van der Waals surface area contributed by atoms with Gasteiger partial charge in [0.1, 0.15) is 0 Å². The van der Waals surface area contributed by atoms with E-state index in [1.807, 2.05) is 12.1 Å². The Morgan fingerprint density at radius 1 is 0.974 bits per heavy atom. The summed E-state index contributed by atoms with van der Waals surface area (Å²) in [5.41, 5.74) is 5.17. The summed E-state index contributed by atoms with van der Waals surface area (Å²) in [5.74, 6) is 1.10. The predicted molar refractivity (Wildman–Crippen MR) is 156 cm³/mol. The van der Waals surface area contributed by atoms with Gasteiger partial charge in [0.05, 0.1) is 11.7 Å². The molecule has 2 aromatic carbocycles. The van der Waals surface area contributed by atoms with Gasteiger partial charge in [-0.15, -0.1) is 0 Å². The molecule has 0 spiro atoms. The van der Waals surface area contributed by atoms with E-state index in [0.29, 0.717) is 23.7 Å². The number of piperidine rings is 1. The molecule has 2 aliphatic heterocycles. The normalized spacial score (nSPS) is 18.2. The minimum atomic E-state index is -0.315. The Hall–Kier alpha value is -3.06. The summed E-state index contributed by atoms with van der Waals surface area (Å²) in [6.45, 7) is 13.9. The van der Waals surface area contributed by atoms with E-state index in [-0.39, 0.29) is 29.9 Å². The summed E-state index contributed by atoms with van der Waals surface area (Å²) in [6, 6.07) is 11.5. The van der Waals surface area contributed by atoms with Crippen molar-refractivity contribution in [3.8, 4) is 0 Å². The van der Waals surface area contributed by atoms with Gasteiger partial charge in [0.25, 0.3) is 5.91 Å². The van der Waals surface area contributed by atoms with Gasteiger partial charge in [0, 0.05) is 43.3 Å². The largest absolute Gasteiger partial charge is 0.376 e. The van der Waals surface area contributed by atoms with Gasteiger partial charge in [-0.3, -0.25) is 4.79 Å². The summed E-state index contributed by atoms with van der Waals surface area (Å²) in [5, 5.41) is 9.16. The second kappa shape index (κ2) is 12.7. The van der Waals surface area contributed by atoms with Crippen molar-refractivity contribution in [2.24, 2.45) is 5.92 Å². The molecule has 3 N–H and O–H groups in total. The highest BCUT2D eigenvalue weighted by atomic mass is 16.5. The van der Waals surface area contributed by atoms with Crippen LogP contribution in [0.4, 0.5) is 21.9 Å². The van der Waals surface area contributed by atoms with Crippen LogP contribution >= 0.6 is 0 Å². The number of hydrogen-bond acceptors (Lipinski definition) is 4. The molecular weight excluding hydrogens is 476 g/mol. The summed E-state index contributed by atoms with van der Waals surface area (Å²) in [6.07, 6.45) is 4.28. The molecule has 2 saturated heterocycles. The predicted octanol–water partition coefficient (Wildman–Crippen LogP) is 6.72. The van der Waals surface area contributed by atoms with E-state index < -0.39 is 0 Å². The maximum Gasteiger partial charge on any atom is 0.323 e. The van der Waals surface area contributed by atoms with Gasteiger partial charge >= 0.3 is 6.03 Å². The highest BCUT2D eigenvalue weighted by Gasteiger charge is 2.24. The summed E-state index contributed by atoms with van der Waals surface area (Å²) in [7, 11) is 0. The molecule has 0 bridgehead atoms. The van der Waals surface area contributed by atoms with Crippen molar-refractivity contribution >= 4 is 29.0 Å². The third-order valence-electron chi connectivity index (χ3n) is 7.75. The summed E-state index contributed by atoms with van der Waals surface area (Å²) < 4.78 is 5.69. The monoisotopic (exact) mass is 520 g/mol. The first-order valence-corrected chi connectivity index (χ1v) is 14.2. The molecule has 7 heteroatoms. The van der Waals surface area contributed by atoms with Gasteiger partial charge in [-0.05, 0) is 72.8 Å². The van der Waals surface area contributed by atoms with Gasteiger partial charge in [-0.2, -0.15) is 0 Å². The second-order valence-corrected chi connectivity index (χ2v) is 11.4. The van der Waals surface area contributed by atoms with E-state index in [2.05, 4.69) is 73.7 Å². The van der Waals surface area contributed by atoms with Crippen LogP contribution in [0.25, 0.3) is 0 Å². The summed E-state index contributed by atoms with van der Waals surface area (Å²) in [4.78, 5) is 28.9. The first-order valence-electron chi connectivity index (χ1n) is 14.2. The fourth-order valence-electron chi connectivity index (χ4n) is 5.40. The Balaban J connectivity index is 1.55. The van der Waals surface area contributed by atoms with Crippen LogP contribution in [0.2, 0.25) is 0 Å². The average molecular weight is 521 g/mol. The van der Waals surface area contributed by atoms with Crippen molar-refractivity contribution < 1.29 is 14.3 Å². The molecule has 1 atom stereocenters. The van der Waals surface area contributed by atoms with Crippen LogP contribution < -0.4 is 20.9 Å². The topological polar surface area (TPSA) is 82.7 Å². The van der Waals surface area contributed by atoms with Crippen molar-refractivity contribution in [3.05, 3.63) is 53.1 Å². The number of rotatable bonds is 8. The van der Waals surface area contributed by atoms with Crippen molar-refractivity contribution in [2.75, 3.05) is 41.8 Å². The molecule has 38 heavy (non-hydrogen) atoms. The van der Waals surface area contributed by atoms with Crippen molar-refractivity contribution in [1.82, 2.24) is 5.32 Å². The van der Waals surface area contributed by atoms with Crippen molar-refractivity contribution in [1.29, 1.82) is 0 Å². The lowest BCUT2D eigenvalue weighted by molar-refractivity contribution is 0.0858. The Morgan fingerprint density at radius 3 is 2.26 bits per heavy atom. The van der Waals surface area contributed by atoms with Gasteiger partial charge in [0.2, 0.25) is 0 Å². The summed E-state index contributed by atoms with van der Waals surface area (Å²) >= 11 is 0. The Labute approximate surface area is 227 Å². The quantitative estimate of drug-likeness (QED) is 0.361. The number of nitrogens with one attached hydrogen (secondary N) is 3. The molecule has 7 nitrogen and oxygen atoms in total. The first-order chi connectivity index (χ1) is 18.2. The molecular formula is C31H44N4O3. The molecule has 4 rings (SSSR count). The third-order valence-corrected chi connectivity index (χ3v) is 7.75. The first kappa shape index (κ1) is 28.0. The standard InChI is InChI=1S/C31H44N4O3/c1-20(2)25-9-6-10-26(21(3)4)29(25)34-31(37)33-23-11-12-28(35-15-13-22(5)14-16-35)27(18-23)30(36)32-19-24-8-7-17-38-24/h6,9-12,18,20-22,24H,7-8,13-17,19H2,1-5H3,(H,32,36)(H2,33,34,37). The van der Waals surface area contributed by atoms with Crippen LogP contribution in [0.15, 0.2) is 36.4 Å². The number of urea groups is 1. The minimum Gasteiger partial charge on any atom is -0.376 e. The zero-order chi connectivity index (χ0) is 27.2. The Morgan fingerprint density at radius 2 is 1.66 bits per heavy atom. The lowest BCUT2D eigenvalue weighted by Crippen LogP contribution is -2.36. The lowest BCUT2D eigenvalue weighted by atomic mass is 9.93. The van der Waals surface area contributed by atoms with E-state index in [9.17, 15) is 9.59 Å². The maximum absolute atomic E-state index is 13.4. The number of ether oxygens (including phenoxy) is 1. The van der Waals surface area contributed by atoms with Crippen molar-refractivity contribution in [2.45, 2.75) is 78.2 Å². The lowest BCUT2D eigenvalue weighted by Gasteiger charge is -2.33. The Kier molecular flexibility index (Phi) is 9.31. The Bertz CT molecular complexity index is 1090. The molecule has 2 aliphatic rings. The van der Waals surface area contributed by atoms with Crippen LogP contribution in [0.3, 0.4) is 0 Å². The van der Waals surface area contributed by atoms with E-state index in [0.717, 1.165) is 67.9 Å². The van der Waals surface area contributed by atoms with E-state index in [1.165, 1.54) is 0 Å². The number of carbonyl (C=O) groups excluding carboxylic acids is 2. The van der Waals surface area contributed by atoms with Gasteiger partial charge < -0.3 is 25.6 Å². The number of carbonyl (C=O) groups is 2. The van der Waals surface area contributed by atoms with Gasteiger partial charge in [0.15, 0.2) is 0 Å². The highest BCUT2D eigenvalue weighted by molar-refractivity contribution is 6.04. The fourth-order valence-corrected chi connectivity index (χ4v) is 5.40. The molecule has 0 aliphatic carbocycles. The molecule has 2 fully saturated rings. The molecule has 0 radical (unpaired) electrons. The number of anilines is 3. The van der Waals surface area contributed by atoms with E-state index in [4.69, 9.17) is 4.74 Å². The highest BCUT2D eigenvalue weighted by Crippen LogP contribution is 2.33. The van der Waals surface area contributed by atoms with Crippen LogP contribution in [-0.2, 0) is 4.74 Å². The van der Waals surface area contributed by atoms with Crippen LogP contribution in [-0.4, -0.2) is 44.3 Å². The number of para-hydroxylation sites is 1. The molecule has 1 unspecified atom stereocenters. The number of amides is 3. The van der Waals surface area contributed by atoms with E-state index >= 15 is 0 Å². The fraction of sp³-hybridized carbons (Fsp3) is 0.548. The van der Waals surface area contributed by atoms with Crippen molar-refractivity contribution in [3.63, 3.8) is 0 Å². The van der Waals surface area contributed by atoms with Crippen LogP contribution in [0.5, 0.6) is 0 Å². The molecule has 0 saturated carbocycles. The van der Waals surface area contributed by atoms with Gasteiger partial charge in [-0.25, -0.2) is 4.79 Å². The number of benzene rings is 2. The minimum absolute atomic E-state index is 0.0708. The molecule has 2 aromatic rings. The maximum atomic E-state index is 13.4. The molecule has 3 amide bonds. The second-order valence-electron chi connectivity index (χ2n) is 11.4. The average Bonchev–Trinajstić information content (AvgIpc) is 3.41. The number of hydrogen-bond donors (Lipinski definition) is 3. The number of nitrogens with zero attached hydrogens (tertiary/aromatic N) is 1. The van der Waals surface area contributed by atoms with E-state index in [1.54, 1.807) is 6.07 Å². The zero-order valence-electron chi connectivity index (χ0n) is 23.6. The molecule has 2 heterocycles. The smallest absolute Gasteiger partial charge is 0.323 e. The van der Waals surface area contributed by atoms with Crippen LogP contribution in [0.1, 0.15) is 93.6 Å². The van der Waals surface area contributed by atoms with Gasteiger partial charge in [-0.1, -0.05) is 52.8 Å². The SMILES string of the molecule is CC1CCN(c2ccc(NC(=O)Nc3c(C(C)C)cccc3C(C)C)cc2C(=O)NCC2CCCO2)CC1. The van der Waals surface area contributed by atoms with Crippen LogP contribution in [0, 0.1) is 5.92 Å². The zero-order valence-corrected chi connectivity index (χ0v) is 23.6. The molecule has 206 valence electrons.